The summed E-state index contributed by atoms with van der Waals surface area (Å²) in [6, 6.07) is 7.05. The van der Waals surface area contributed by atoms with Gasteiger partial charge in [0.1, 0.15) is 0 Å². The summed E-state index contributed by atoms with van der Waals surface area (Å²) in [7, 11) is 0. The highest BCUT2D eigenvalue weighted by molar-refractivity contribution is 5.94. The van der Waals surface area contributed by atoms with Gasteiger partial charge in [0.05, 0.1) is 6.10 Å². The van der Waals surface area contributed by atoms with E-state index in [-0.39, 0.29) is 11.8 Å². The predicted octanol–water partition coefficient (Wildman–Crippen LogP) is 1.58. The van der Waals surface area contributed by atoms with E-state index in [2.05, 4.69) is 10.2 Å². The summed E-state index contributed by atoms with van der Waals surface area (Å²) in [5, 5.41) is 17.3. The molecule has 1 amide bonds. The normalized spacial score (nSPS) is 22.3. The van der Waals surface area contributed by atoms with Crippen LogP contribution < -0.4 is 0 Å². The predicted molar refractivity (Wildman–Crippen MR) is 75.4 cm³/mol. The first-order chi connectivity index (χ1) is 10.1. The van der Waals surface area contributed by atoms with Crippen molar-refractivity contribution < 1.29 is 14.3 Å². The molecule has 6 heteroatoms. The highest BCUT2D eigenvalue weighted by Crippen LogP contribution is 2.21. The second-order valence-electron chi connectivity index (χ2n) is 5.41. The first-order valence-corrected chi connectivity index (χ1v) is 6.99. The van der Waals surface area contributed by atoms with Gasteiger partial charge in [-0.15, -0.1) is 10.2 Å². The molecule has 6 nitrogen and oxygen atoms in total. The maximum absolute atomic E-state index is 12.4. The Labute approximate surface area is 122 Å². The minimum absolute atomic E-state index is 0.0574. The molecule has 3 rings (SSSR count). The van der Waals surface area contributed by atoms with E-state index < -0.39 is 6.10 Å². The topological polar surface area (TPSA) is 79.5 Å². The molecule has 1 aromatic heterocycles. The van der Waals surface area contributed by atoms with Crippen LogP contribution in [0.25, 0.3) is 11.5 Å². The molecule has 2 unspecified atom stereocenters. The Morgan fingerprint density at radius 3 is 2.76 bits per heavy atom. The van der Waals surface area contributed by atoms with Gasteiger partial charge in [-0.1, -0.05) is 6.92 Å². The third kappa shape index (κ3) is 2.80. The van der Waals surface area contributed by atoms with Crippen molar-refractivity contribution in [1.29, 1.82) is 0 Å². The van der Waals surface area contributed by atoms with Gasteiger partial charge in [0.25, 0.3) is 5.91 Å². The van der Waals surface area contributed by atoms with Gasteiger partial charge in [0.2, 0.25) is 12.3 Å². The maximum Gasteiger partial charge on any atom is 0.253 e. The number of piperidine rings is 1. The number of carbonyl (C=O) groups is 1. The fraction of sp³-hybridized carbons (Fsp3) is 0.400. The molecule has 0 radical (unpaired) electrons. The van der Waals surface area contributed by atoms with Gasteiger partial charge in [-0.05, 0) is 36.6 Å². The number of aliphatic hydroxyl groups excluding tert-OH is 1. The van der Waals surface area contributed by atoms with Crippen LogP contribution in [-0.4, -0.2) is 45.3 Å². The fourth-order valence-electron chi connectivity index (χ4n) is 2.47. The highest BCUT2D eigenvalue weighted by Gasteiger charge is 2.27. The highest BCUT2D eigenvalue weighted by atomic mass is 16.4. The molecular weight excluding hydrogens is 270 g/mol. The Morgan fingerprint density at radius 1 is 1.38 bits per heavy atom. The van der Waals surface area contributed by atoms with E-state index in [1.165, 1.54) is 6.39 Å². The van der Waals surface area contributed by atoms with Crippen LogP contribution in [0, 0.1) is 5.92 Å². The van der Waals surface area contributed by atoms with Gasteiger partial charge >= 0.3 is 0 Å². The minimum Gasteiger partial charge on any atom is -0.423 e. The summed E-state index contributed by atoms with van der Waals surface area (Å²) < 4.78 is 5.11. The van der Waals surface area contributed by atoms with Crippen molar-refractivity contribution in [2.75, 3.05) is 13.1 Å². The third-order valence-electron chi connectivity index (χ3n) is 3.94. The number of aliphatic hydroxyl groups is 1. The number of likely N-dealkylation sites (tertiary alicyclic amines) is 1. The van der Waals surface area contributed by atoms with Gasteiger partial charge in [-0.25, -0.2) is 0 Å². The van der Waals surface area contributed by atoms with Crippen LogP contribution in [0.5, 0.6) is 0 Å². The molecule has 1 aliphatic rings. The first-order valence-electron chi connectivity index (χ1n) is 6.99. The van der Waals surface area contributed by atoms with E-state index in [9.17, 15) is 9.90 Å². The number of amides is 1. The van der Waals surface area contributed by atoms with Crippen molar-refractivity contribution in [3.63, 3.8) is 0 Å². The summed E-state index contributed by atoms with van der Waals surface area (Å²) in [6.07, 6.45) is 1.65. The molecule has 1 fully saturated rings. The quantitative estimate of drug-likeness (QED) is 0.907. The van der Waals surface area contributed by atoms with Crippen LogP contribution in [0.15, 0.2) is 35.1 Å². The van der Waals surface area contributed by atoms with E-state index in [0.717, 1.165) is 12.0 Å². The lowest BCUT2D eigenvalue weighted by molar-refractivity contribution is 0.0248. The molecule has 2 aromatic rings. The van der Waals surface area contributed by atoms with Gasteiger partial charge in [0, 0.05) is 24.2 Å². The minimum atomic E-state index is -0.444. The van der Waals surface area contributed by atoms with Crippen LogP contribution in [0.2, 0.25) is 0 Å². The van der Waals surface area contributed by atoms with Crippen molar-refractivity contribution >= 4 is 5.91 Å². The number of aromatic nitrogens is 2. The zero-order valence-corrected chi connectivity index (χ0v) is 11.8. The Bertz CT molecular complexity index is 610. The largest absolute Gasteiger partial charge is 0.423 e. The molecule has 21 heavy (non-hydrogen) atoms. The average Bonchev–Trinajstić information content (AvgIpc) is 3.04. The van der Waals surface area contributed by atoms with Crippen LogP contribution in [0.4, 0.5) is 0 Å². The molecule has 0 bridgehead atoms. The van der Waals surface area contributed by atoms with Crippen LogP contribution in [-0.2, 0) is 0 Å². The van der Waals surface area contributed by atoms with Gasteiger partial charge < -0.3 is 14.4 Å². The van der Waals surface area contributed by atoms with Crippen molar-refractivity contribution in [3.8, 4) is 11.5 Å². The molecule has 1 saturated heterocycles. The van der Waals surface area contributed by atoms with E-state index >= 15 is 0 Å². The maximum atomic E-state index is 12.4. The summed E-state index contributed by atoms with van der Waals surface area (Å²) in [5.41, 5.74) is 1.37. The molecule has 0 spiro atoms. The summed E-state index contributed by atoms with van der Waals surface area (Å²) >= 11 is 0. The van der Waals surface area contributed by atoms with E-state index in [1.54, 1.807) is 29.2 Å². The zero-order valence-electron chi connectivity index (χ0n) is 11.8. The Hall–Kier alpha value is -2.21. The average molecular weight is 287 g/mol. The number of hydrogen-bond acceptors (Lipinski definition) is 5. The molecule has 1 N–H and O–H groups in total. The third-order valence-corrected chi connectivity index (χ3v) is 3.94. The van der Waals surface area contributed by atoms with Crippen LogP contribution in [0.1, 0.15) is 23.7 Å². The molecule has 1 aromatic carbocycles. The standard InChI is InChI=1S/C15H17N3O3/c1-10-6-7-18(8-13(10)19)15(20)12-4-2-11(3-5-12)14-17-16-9-21-14/h2-5,9-10,13,19H,6-8H2,1H3. The molecule has 2 heterocycles. The van der Waals surface area contributed by atoms with Crippen LogP contribution >= 0.6 is 0 Å². The zero-order chi connectivity index (χ0) is 14.8. The Morgan fingerprint density at radius 2 is 2.14 bits per heavy atom. The fourth-order valence-corrected chi connectivity index (χ4v) is 2.47. The lowest BCUT2D eigenvalue weighted by atomic mass is 9.95. The van der Waals surface area contributed by atoms with Gasteiger partial charge in [-0.3, -0.25) is 4.79 Å². The Balaban J connectivity index is 1.73. The number of β-amino-alcohol motifs (C(OH)–C–C–N with tert-alkyl or cyclic N) is 1. The number of benzene rings is 1. The molecule has 2 atom stereocenters. The van der Waals surface area contributed by atoms with Crippen molar-refractivity contribution in [1.82, 2.24) is 15.1 Å². The molecule has 1 aliphatic heterocycles. The van der Waals surface area contributed by atoms with Gasteiger partial charge in [0.15, 0.2) is 0 Å². The molecule has 0 saturated carbocycles. The van der Waals surface area contributed by atoms with Crippen molar-refractivity contribution in [2.24, 2.45) is 5.92 Å². The summed E-state index contributed by atoms with van der Waals surface area (Å²) in [4.78, 5) is 14.1. The molecule has 0 aliphatic carbocycles. The van der Waals surface area contributed by atoms with Crippen LogP contribution in [0.3, 0.4) is 0 Å². The summed E-state index contributed by atoms with van der Waals surface area (Å²) in [6.45, 7) is 3.08. The van der Waals surface area contributed by atoms with Crippen molar-refractivity contribution in [3.05, 3.63) is 36.2 Å². The second-order valence-corrected chi connectivity index (χ2v) is 5.41. The lowest BCUT2D eigenvalue weighted by Gasteiger charge is -2.34. The number of nitrogens with zero attached hydrogens (tertiary/aromatic N) is 3. The SMILES string of the molecule is CC1CCN(C(=O)c2ccc(-c3nnco3)cc2)CC1O. The first kappa shape index (κ1) is 13.8. The second kappa shape index (κ2) is 5.65. The van der Waals surface area contributed by atoms with E-state index in [0.29, 0.717) is 24.5 Å². The van der Waals surface area contributed by atoms with E-state index in [4.69, 9.17) is 4.42 Å². The number of rotatable bonds is 2. The number of hydrogen-bond donors (Lipinski definition) is 1. The molecular formula is C15H17N3O3. The van der Waals surface area contributed by atoms with E-state index in [1.807, 2.05) is 6.92 Å². The van der Waals surface area contributed by atoms with Gasteiger partial charge in [-0.2, -0.15) is 0 Å². The number of carbonyl (C=O) groups excluding carboxylic acids is 1. The summed E-state index contributed by atoms with van der Waals surface area (Å²) in [5.74, 6) is 0.614. The lowest BCUT2D eigenvalue weighted by Crippen LogP contribution is -2.45. The van der Waals surface area contributed by atoms with Crippen molar-refractivity contribution in [2.45, 2.75) is 19.4 Å². The molecule has 110 valence electrons. The smallest absolute Gasteiger partial charge is 0.253 e. The Kier molecular flexibility index (Phi) is 3.70. The monoisotopic (exact) mass is 287 g/mol.